The zero-order valence-corrected chi connectivity index (χ0v) is 14.0. The van der Waals surface area contributed by atoms with Crippen molar-refractivity contribution in [3.8, 4) is 0 Å². The quantitative estimate of drug-likeness (QED) is 0.581. The first-order chi connectivity index (χ1) is 10.7. The SMILES string of the molecule is CCOC(=O)c1nn(Cc2ccccc2)c(Br)c1C=COC. The number of hydrogen-bond acceptors (Lipinski definition) is 4. The Morgan fingerprint density at radius 1 is 1.36 bits per heavy atom. The third-order valence-corrected chi connectivity index (χ3v) is 3.78. The third-order valence-electron chi connectivity index (χ3n) is 2.94. The number of aromatic nitrogens is 2. The summed E-state index contributed by atoms with van der Waals surface area (Å²) in [6.07, 6.45) is 3.18. The molecule has 0 radical (unpaired) electrons. The molecule has 0 atom stereocenters. The highest BCUT2D eigenvalue weighted by Crippen LogP contribution is 2.24. The van der Waals surface area contributed by atoms with E-state index < -0.39 is 5.97 Å². The Labute approximate surface area is 137 Å². The van der Waals surface area contributed by atoms with Gasteiger partial charge in [0.25, 0.3) is 0 Å². The monoisotopic (exact) mass is 364 g/mol. The predicted octanol–water partition coefficient (Wildman–Crippen LogP) is 3.49. The van der Waals surface area contributed by atoms with E-state index >= 15 is 0 Å². The fourth-order valence-corrected chi connectivity index (χ4v) is 2.47. The first-order valence-corrected chi connectivity index (χ1v) is 7.63. The first kappa shape index (κ1) is 16.3. The van der Waals surface area contributed by atoms with E-state index in [1.165, 1.54) is 6.26 Å². The topological polar surface area (TPSA) is 53.3 Å². The molecule has 2 rings (SSSR count). The van der Waals surface area contributed by atoms with Gasteiger partial charge in [-0.3, -0.25) is 4.68 Å². The van der Waals surface area contributed by atoms with E-state index in [0.29, 0.717) is 23.3 Å². The molecule has 0 saturated carbocycles. The summed E-state index contributed by atoms with van der Waals surface area (Å²) in [4.78, 5) is 12.1. The molecule has 1 aromatic heterocycles. The fourth-order valence-electron chi connectivity index (χ4n) is 1.95. The van der Waals surface area contributed by atoms with Crippen molar-refractivity contribution in [1.29, 1.82) is 0 Å². The van der Waals surface area contributed by atoms with Gasteiger partial charge in [0.2, 0.25) is 0 Å². The van der Waals surface area contributed by atoms with E-state index in [2.05, 4.69) is 21.0 Å². The largest absolute Gasteiger partial charge is 0.504 e. The van der Waals surface area contributed by atoms with E-state index in [1.54, 1.807) is 24.8 Å². The number of nitrogens with zero attached hydrogens (tertiary/aromatic N) is 2. The van der Waals surface area contributed by atoms with Crippen molar-refractivity contribution < 1.29 is 14.3 Å². The van der Waals surface area contributed by atoms with E-state index in [9.17, 15) is 4.79 Å². The molecule has 0 spiro atoms. The van der Waals surface area contributed by atoms with Crippen LogP contribution in [0.3, 0.4) is 0 Å². The molecular weight excluding hydrogens is 348 g/mol. The van der Waals surface area contributed by atoms with Gasteiger partial charge in [0.05, 0.1) is 26.5 Å². The maximum absolute atomic E-state index is 12.1. The Balaban J connectivity index is 2.38. The van der Waals surface area contributed by atoms with E-state index in [0.717, 1.165) is 5.56 Å². The van der Waals surface area contributed by atoms with Crippen molar-refractivity contribution in [1.82, 2.24) is 9.78 Å². The summed E-state index contributed by atoms with van der Waals surface area (Å²) >= 11 is 3.50. The number of ether oxygens (including phenoxy) is 2. The fraction of sp³-hybridized carbons (Fsp3) is 0.250. The van der Waals surface area contributed by atoms with Gasteiger partial charge in [-0.05, 0) is 34.5 Å². The van der Waals surface area contributed by atoms with Gasteiger partial charge < -0.3 is 9.47 Å². The number of benzene rings is 1. The Kier molecular flexibility index (Phi) is 5.77. The molecule has 0 aliphatic carbocycles. The van der Waals surface area contributed by atoms with Crippen LogP contribution in [0.25, 0.3) is 6.08 Å². The lowest BCUT2D eigenvalue weighted by molar-refractivity contribution is 0.0518. The normalized spacial score (nSPS) is 10.9. The lowest BCUT2D eigenvalue weighted by Gasteiger charge is -2.03. The molecule has 0 bridgehead atoms. The van der Waals surface area contributed by atoms with Crippen LogP contribution in [0.1, 0.15) is 28.5 Å². The molecule has 1 aromatic carbocycles. The van der Waals surface area contributed by atoms with Crippen LogP contribution in [-0.2, 0) is 16.0 Å². The van der Waals surface area contributed by atoms with Gasteiger partial charge in [-0.15, -0.1) is 0 Å². The van der Waals surface area contributed by atoms with Crippen LogP contribution in [0.15, 0.2) is 41.2 Å². The minimum atomic E-state index is -0.453. The Morgan fingerprint density at radius 3 is 2.73 bits per heavy atom. The summed E-state index contributed by atoms with van der Waals surface area (Å²) < 4.78 is 12.4. The van der Waals surface area contributed by atoms with Gasteiger partial charge in [0, 0.05) is 5.56 Å². The Morgan fingerprint density at radius 2 is 2.09 bits per heavy atom. The minimum Gasteiger partial charge on any atom is -0.504 e. The van der Waals surface area contributed by atoms with E-state index in [4.69, 9.17) is 9.47 Å². The number of halogens is 1. The maximum Gasteiger partial charge on any atom is 0.359 e. The van der Waals surface area contributed by atoms with Crippen LogP contribution >= 0.6 is 15.9 Å². The average molecular weight is 365 g/mol. The summed E-state index contributed by atoms with van der Waals surface area (Å²) in [6, 6.07) is 9.89. The van der Waals surface area contributed by atoms with Crippen molar-refractivity contribution in [2.45, 2.75) is 13.5 Å². The summed E-state index contributed by atoms with van der Waals surface area (Å²) in [5.41, 5.74) is 1.98. The van der Waals surface area contributed by atoms with Gasteiger partial charge in [-0.25, -0.2) is 4.79 Å². The highest BCUT2D eigenvalue weighted by Gasteiger charge is 2.21. The van der Waals surface area contributed by atoms with Crippen LogP contribution in [0, 0.1) is 0 Å². The van der Waals surface area contributed by atoms with E-state index in [1.807, 2.05) is 30.3 Å². The molecule has 1 heterocycles. The minimum absolute atomic E-state index is 0.262. The second-order valence-electron chi connectivity index (χ2n) is 4.46. The third kappa shape index (κ3) is 3.76. The second kappa shape index (κ2) is 7.79. The van der Waals surface area contributed by atoms with Gasteiger partial charge in [0.15, 0.2) is 5.69 Å². The number of methoxy groups -OCH3 is 1. The number of carbonyl (C=O) groups is 1. The Bertz CT molecular complexity index is 666. The van der Waals surface area contributed by atoms with Gasteiger partial charge in [-0.2, -0.15) is 5.10 Å². The molecule has 0 fully saturated rings. The molecule has 116 valence electrons. The summed E-state index contributed by atoms with van der Waals surface area (Å²) in [5, 5.41) is 4.36. The van der Waals surface area contributed by atoms with Crippen LogP contribution in [-0.4, -0.2) is 29.5 Å². The lowest BCUT2D eigenvalue weighted by Crippen LogP contribution is -2.08. The van der Waals surface area contributed by atoms with Gasteiger partial charge in [-0.1, -0.05) is 30.3 Å². The van der Waals surface area contributed by atoms with Crippen molar-refractivity contribution in [2.24, 2.45) is 0 Å². The number of rotatable bonds is 6. The molecule has 22 heavy (non-hydrogen) atoms. The van der Waals surface area contributed by atoms with Crippen molar-refractivity contribution in [2.75, 3.05) is 13.7 Å². The second-order valence-corrected chi connectivity index (χ2v) is 5.21. The smallest absolute Gasteiger partial charge is 0.359 e. The van der Waals surface area contributed by atoms with Crippen molar-refractivity contribution >= 4 is 28.0 Å². The molecule has 5 nitrogen and oxygen atoms in total. The maximum atomic E-state index is 12.1. The average Bonchev–Trinajstić information content (AvgIpc) is 2.83. The summed E-state index contributed by atoms with van der Waals surface area (Å²) in [6.45, 7) is 2.61. The number of esters is 1. The molecule has 0 aliphatic heterocycles. The van der Waals surface area contributed by atoms with Gasteiger partial charge in [0.1, 0.15) is 4.60 Å². The molecule has 6 heteroatoms. The molecular formula is C16H17BrN2O3. The first-order valence-electron chi connectivity index (χ1n) is 6.84. The number of carbonyl (C=O) groups excluding carboxylic acids is 1. The summed E-state index contributed by atoms with van der Waals surface area (Å²) in [7, 11) is 1.54. The molecule has 0 saturated heterocycles. The van der Waals surface area contributed by atoms with Crippen LogP contribution in [0.4, 0.5) is 0 Å². The Hall–Kier alpha value is -2.08. The zero-order chi connectivity index (χ0) is 15.9. The predicted molar refractivity (Wildman–Crippen MR) is 87.5 cm³/mol. The highest BCUT2D eigenvalue weighted by atomic mass is 79.9. The molecule has 0 unspecified atom stereocenters. The summed E-state index contributed by atoms with van der Waals surface area (Å²) in [5.74, 6) is -0.453. The standard InChI is InChI=1S/C16H17BrN2O3/c1-3-22-16(20)14-13(9-10-21-2)15(17)19(18-14)11-12-7-5-4-6-8-12/h4-10H,3,11H2,1-2H3. The molecule has 0 aliphatic rings. The lowest BCUT2D eigenvalue weighted by atomic mass is 10.2. The highest BCUT2D eigenvalue weighted by molar-refractivity contribution is 9.10. The number of hydrogen-bond donors (Lipinski definition) is 0. The van der Waals surface area contributed by atoms with E-state index in [-0.39, 0.29) is 5.69 Å². The van der Waals surface area contributed by atoms with Crippen molar-refractivity contribution in [3.05, 3.63) is 58.0 Å². The van der Waals surface area contributed by atoms with Crippen molar-refractivity contribution in [3.63, 3.8) is 0 Å². The van der Waals surface area contributed by atoms with Crippen LogP contribution < -0.4 is 0 Å². The van der Waals surface area contributed by atoms with Gasteiger partial charge >= 0.3 is 5.97 Å². The molecule has 0 amide bonds. The van der Waals surface area contributed by atoms with Crippen LogP contribution in [0.2, 0.25) is 0 Å². The molecule has 0 N–H and O–H groups in total. The zero-order valence-electron chi connectivity index (χ0n) is 12.5. The molecule has 2 aromatic rings. The van der Waals surface area contributed by atoms with Crippen LogP contribution in [0.5, 0.6) is 0 Å².